The van der Waals surface area contributed by atoms with Gasteiger partial charge in [0, 0.05) is 25.2 Å². The van der Waals surface area contributed by atoms with Gasteiger partial charge in [-0.1, -0.05) is 11.3 Å². The van der Waals surface area contributed by atoms with E-state index in [2.05, 4.69) is 15.0 Å². The van der Waals surface area contributed by atoms with E-state index in [9.17, 15) is 14.4 Å². The molecule has 0 aliphatic heterocycles. The van der Waals surface area contributed by atoms with Crippen molar-refractivity contribution in [2.75, 3.05) is 30.4 Å². The average molecular weight is 377 g/mol. The molecule has 0 bridgehead atoms. The normalized spacial score (nSPS) is 10.2. The van der Waals surface area contributed by atoms with Gasteiger partial charge in [0.2, 0.25) is 5.91 Å². The Morgan fingerprint density at radius 1 is 1.27 bits per heavy atom. The highest BCUT2D eigenvalue weighted by Gasteiger charge is 2.14. The number of rotatable bonds is 8. The summed E-state index contributed by atoms with van der Waals surface area (Å²) in [6, 6.07) is 6.40. The molecule has 1 aromatic heterocycles. The molecule has 0 spiro atoms. The highest BCUT2D eigenvalue weighted by Crippen LogP contribution is 2.22. The molecule has 0 unspecified atom stereocenters. The number of thiazole rings is 1. The fraction of sp³-hybridized carbons (Fsp3) is 0.294. The predicted octanol–water partition coefficient (Wildman–Crippen LogP) is 2.48. The lowest BCUT2D eigenvalue weighted by Crippen LogP contribution is -2.27. The first-order valence-electron chi connectivity index (χ1n) is 7.87. The highest BCUT2D eigenvalue weighted by atomic mass is 32.1. The summed E-state index contributed by atoms with van der Waals surface area (Å²) in [7, 11) is 1.30. The van der Waals surface area contributed by atoms with E-state index >= 15 is 0 Å². The Morgan fingerprint density at radius 3 is 2.50 bits per heavy atom. The fourth-order valence-electron chi connectivity index (χ4n) is 2.17. The van der Waals surface area contributed by atoms with E-state index in [0.717, 1.165) is 11.3 Å². The number of esters is 1. The van der Waals surface area contributed by atoms with Crippen molar-refractivity contribution in [2.45, 2.75) is 13.3 Å². The van der Waals surface area contributed by atoms with Gasteiger partial charge in [-0.2, -0.15) is 0 Å². The number of amides is 1. The molecule has 1 amide bonds. The second-order valence-electron chi connectivity index (χ2n) is 5.26. The number of nitrogens with one attached hydrogen (secondary N) is 1. The van der Waals surface area contributed by atoms with E-state index in [1.54, 1.807) is 24.3 Å². The van der Waals surface area contributed by atoms with E-state index in [-0.39, 0.29) is 17.2 Å². The molecule has 0 fully saturated rings. The Hall–Kier alpha value is -2.94. The van der Waals surface area contributed by atoms with Crippen LogP contribution in [0.1, 0.15) is 33.4 Å². The number of hydrogen-bond donors (Lipinski definition) is 2. The van der Waals surface area contributed by atoms with Gasteiger partial charge in [-0.3, -0.25) is 4.79 Å². The van der Waals surface area contributed by atoms with Crippen LogP contribution in [-0.4, -0.2) is 48.1 Å². The van der Waals surface area contributed by atoms with Crippen LogP contribution >= 0.6 is 11.3 Å². The second kappa shape index (κ2) is 8.95. The molecule has 9 heteroatoms. The van der Waals surface area contributed by atoms with Gasteiger partial charge in [0.1, 0.15) is 4.88 Å². The molecule has 138 valence electrons. The molecule has 0 saturated heterocycles. The zero-order chi connectivity index (χ0) is 19.1. The molecular weight excluding hydrogens is 358 g/mol. The van der Waals surface area contributed by atoms with E-state index in [1.807, 2.05) is 11.8 Å². The number of nitrogens with zero attached hydrogens (tertiary/aromatic N) is 2. The number of carboxylic acids is 1. The quantitative estimate of drug-likeness (QED) is 0.680. The summed E-state index contributed by atoms with van der Waals surface area (Å²) < 4.78 is 4.62. The van der Waals surface area contributed by atoms with E-state index in [0.29, 0.717) is 29.5 Å². The SMILES string of the molecule is CCN(CCC(=O)Nc1ccc(C(=O)OC)cc1)c1ncc(C(=O)O)s1. The molecule has 0 atom stereocenters. The zero-order valence-electron chi connectivity index (χ0n) is 14.4. The van der Waals surface area contributed by atoms with Gasteiger partial charge in [-0.25, -0.2) is 14.6 Å². The lowest BCUT2D eigenvalue weighted by molar-refractivity contribution is -0.116. The molecule has 2 aromatic rings. The van der Waals surface area contributed by atoms with Crippen LogP contribution in [0.25, 0.3) is 0 Å². The van der Waals surface area contributed by atoms with Crippen molar-refractivity contribution in [3.63, 3.8) is 0 Å². The van der Waals surface area contributed by atoms with Crippen LogP contribution in [0.5, 0.6) is 0 Å². The number of anilines is 2. The predicted molar refractivity (Wildman–Crippen MR) is 98.0 cm³/mol. The number of aromatic carboxylic acids is 1. The Balaban J connectivity index is 1.90. The number of benzene rings is 1. The summed E-state index contributed by atoms with van der Waals surface area (Å²) in [4.78, 5) is 40.5. The standard InChI is InChI=1S/C17H19N3O5S/c1-3-20(17-18-10-13(26-17)15(22)23)9-8-14(21)19-12-6-4-11(5-7-12)16(24)25-2/h4-7,10H,3,8-9H2,1-2H3,(H,19,21)(H,22,23). The minimum Gasteiger partial charge on any atom is -0.477 e. The van der Waals surface area contributed by atoms with Crippen molar-refractivity contribution in [1.82, 2.24) is 4.98 Å². The molecule has 26 heavy (non-hydrogen) atoms. The zero-order valence-corrected chi connectivity index (χ0v) is 15.2. The van der Waals surface area contributed by atoms with Gasteiger partial charge >= 0.3 is 11.9 Å². The topological polar surface area (TPSA) is 109 Å². The summed E-state index contributed by atoms with van der Waals surface area (Å²) in [6.45, 7) is 2.92. The van der Waals surface area contributed by atoms with Crippen LogP contribution in [0.3, 0.4) is 0 Å². The molecule has 0 radical (unpaired) electrons. The van der Waals surface area contributed by atoms with Crippen LogP contribution in [0, 0.1) is 0 Å². The Bertz CT molecular complexity index is 788. The summed E-state index contributed by atoms with van der Waals surface area (Å²) in [6.07, 6.45) is 1.53. The maximum Gasteiger partial charge on any atom is 0.347 e. The second-order valence-corrected chi connectivity index (χ2v) is 6.27. The third-order valence-electron chi connectivity index (χ3n) is 3.56. The Labute approximate surface area is 154 Å². The van der Waals surface area contributed by atoms with Crippen molar-refractivity contribution in [3.8, 4) is 0 Å². The maximum absolute atomic E-state index is 12.1. The van der Waals surface area contributed by atoms with Gasteiger partial charge < -0.3 is 20.1 Å². The molecule has 1 aromatic carbocycles. The number of carboxylic acid groups (broad SMARTS) is 1. The number of hydrogen-bond acceptors (Lipinski definition) is 7. The highest BCUT2D eigenvalue weighted by molar-refractivity contribution is 7.17. The summed E-state index contributed by atoms with van der Waals surface area (Å²) in [5.41, 5.74) is 0.980. The number of aromatic nitrogens is 1. The summed E-state index contributed by atoms with van der Waals surface area (Å²) in [5.74, 6) is -1.65. The maximum atomic E-state index is 12.1. The van der Waals surface area contributed by atoms with Gasteiger partial charge in [-0.15, -0.1) is 0 Å². The van der Waals surface area contributed by atoms with E-state index in [1.165, 1.54) is 13.3 Å². The lowest BCUT2D eigenvalue weighted by Gasteiger charge is -2.19. The number of carbonyl (C=O) groups is 3. The molecule has 0 aliphatic rings. The average Bonchev–Trinajstić information content (AvgIpc) is 3.12. The van der Waals surface area contributed by atoms with Crippen molar-refractivity contribution in [2.24, 2.45) is 0 Å². The van der Waals surface area contributed by atoms with Crippen molar-refractivity contribution in [3.05, 3.63) is 40.9 Å². The van der Waals surface area contributed by atoms with Crippen LogP contribution < -0.4 is 10.2 Å². The van der Waals surface area contributed by atoms with Crippen LogP contribution in [-0.2, 0) is 9.53 Å². The van der Waals surface area contributed by atoms with E-state index in [4.69, 9.17) is 5.11 Å². The van der Waals surface area contributed by atoms with Crippen molar-refractivity contribution >= 4 is 40.0 Å². The first-order valence-corrected chi connectivity index (χ1v) is 8.68. The monoisotopic (exact) mass is 377 g/mol. The van der Waals surface area contributed by atoms with Gasteiger partial charge in [0.15, 0.2) is 5.13 Å². The molecule has 0 aliphatic carbocycles. The third-order valence-corrected chi connectivity index (χ3v) is 4.60. The third kappa shape index (κ3) is 5.03. The lowest BCUT2D eigenvalue weighted by atomic mass is 10.2. The van der Waals surface area contributed by atoms with Crippen LogP contribution in [0.15, 0.2) is 30.5 Å². The van der Waals surface area contributed by atoms with Gasteiger partial charge in [0.05, 0.1) is 18.9 Å². The Morgan fingerprint density at radius 2 is 1.96 bits per heavy atom. The minimum atomic E-state index is -1.02. The minimum absolute atomic E-state index is 0.161. The molecule has 2 rings (SSSR count). The number of methoxy groups -OCH3 is 1. The van der Waals surface area contributed by atoms with Crippen LogP contribution in [0.4, 0.5) is 10.8 Å². The van der Waals surface area contributed by atoms with E-state index < -0.39 is 11.9 Å². The van der Waals surface area contributed by atoms with Crippen molar-refractivity contribution < 1.29 is 24.2 Å². The fourth-order valence-corrected chi connectivity index (χ4v) is 3.01. The molecule has 8 nitrogen and oxygen atoms in total. The molecule has 0 saturated carbocycles. The summed E-state index contributed by atoms with van der Waals surface area (Å²) in [5, 5.41) is 12.3. The number of ether oxygens (including phenoxy) is 1. The first-order chi connectivity index (χ1) is 12.4. The molecule has 1 heterocycles. The van der Waals surface area contributed by atoms with Gasteiger partial charge in [0.25, 0.3) is 0 Å². The van der Waals surface area contributed by atoms with Crippen molar-refractivity contribution in [1.29, 1.82) is 0 Å². The molecular formula is C17H19N3O5S. The molecule has 2 N–H and O–H groups in total. The van der Waals surface area contributed by atoms with Gasteiger partial charge in [-0.05, 0) is 31.2 Å². The Kier molecular flexibility index (Phi) is 6.67. The first kappa shape index (κ1) is 19.4. The smallest absolute Gasteiger partial charge is 0.347 e. The largest absolute Gasteiger partial charge is 0.477 e. The summed E-state index contributed by atoms with van der Waals surface area (Å²) >= 11 is 1.08. The van der Waals surface area contributed by atoms with Crippen LogP contribution in [0.2, 0.25) is 0 Å². The number of carbonyl (C=O) groups excluding carboxylic acids is 2.